The summed E-state index contributed by atoms with van der Waals surface area (Å²) in [6, 6.07) is 11.0. The molecule has 0 aliphatic heterocycles. The van der Waals surface area contributed by atoms with Crippen molar-refractivity contribution in [3.8, 4) is 11.5 Å². The number of methoxy groups -OCH3 is 2. The molecular weight excluding hydrogens is 444 g/mol. The summed E-state index contributed by atoms with van der Waals surface area (Å²) in [6.07, 6.45) is 0. The molecule has 1 heterocycles. The number of fused-ring (bicyclic) bond motifs is 1. The number of aromatic nitrogens is 1. The highest BCUT2D eigenvalue weighted by molar-refractivity contribution is 9.10. The number of carbonyl (C=O) groups is 1. The maximum absolute atomic E-state index is 12.7. The van der Waals surface area contributed by atoms with Crippen molar-refractivity contribution in [2.45, 2.75) is 13.5 Å². The second-order valence-corrected chi connectivity index (χ2v) is 7.76. The first-order valence-electron chi connectivity index (χ1n) is 8.75. The van der Waals surface area contributed by atoms with Crippen LogP contribution in [0.25, 0.3) is 10.2 Å². The van der Waals surface area contributed by atoms with E-state index >= 15 is 0 Å². The van der Waals surface area contributed by atoms with Crippen LogP contribution in [0.15, 0.2) is 45.9 Å². The van der Waals surface area contributed by atoms with E-state index in [1.807, 2.05) is 35.8 Å². The molecule has 0 saturated carbocycles. The van der Waals surface area contributed by atoms with E-state index in [1.54, 1.807) is 26.4 Å². The number of amides is 1. The molecule has 1 aromatic heterocycles. The summed E-state index contributed by atoms with van der Waals surface area (Å²) in [5, 5.41) is 0. The van der Waals surface area contributed by atoms with Gasteiger partial charge in [-0.15, -0.1) is 0 Å². The lowest BCUT2D eigenvalue weighted by atomic mass is 10.2. The number of nitrogens with zero attached hydrogens (tertiary/aromatic N) is 2. The number of rotatable bonds is 7. The highest BCUT2D eigenvalue weighted by Gasteiger charge is 2.14. The van der Waals surface area contributed by atoms with E-state index < -0.39 is 0 Å². The van der Waals surface area contributed by atoms with Crippen LogP contribution in [0.3, 0.4) is 0 Å². The minimum absolute atomic E-state index is 0.294. The third kappa shape index (κ3) is 4.45. The van der Waals surface area contributed by atoms with Crippen molar-refractivity contribution < 1.29 is 19.0 Å². The van der Waals surface area contributed by atoms with Crippen LogP contribution in [-0.2, 0) is 11.3 Å². The van der Waals surface area contributed by atoms with Gasteiger partial charge in [0.25, 0.3) is 5.91 Å². The molecule has 28 heavy (non-hydrogen) atoms. The summed E-state index contributed by atoms with van der Waals surface area (Å²) in [6.45, 7) is 3.68. The molecule has 1 amide bonds. The van der Waals surface area contributed by atoms with Gasteiger partial charge >= 0.3 is 0 Å². The minimum Gasteiger partial charge on any atom is -0.493 e. The predicted octanol–water partition coefficient (Wildman–Crippen LogP) is 4.26. The molecular formula is C20H21BrN2O4S. The first-order valence-corrected chi connectivity index (χ1v) is 10.4. The summed E-state index contributed by atoms with van der Waals surface area (Å²) in [7, 11) is 3.20. The fourth-order valence-corrected chi connectivity index (χ4v) is 4.24. The van der Waals surface area contributed by atoms with Gasteiger partial charge < -0.3 is 18.8 Å². The molecule has 3 aromatic rings. The second-order valence-electron chi connectivity index (χ2n) is 5.84. The fraction of sp³-hybridized carbons (Fsp3) is 0.300. The van der Waals surface area contributed by atoms with E-state index in [0.717, 1.165) is 14.7 Å². The molecule has 0 unspecified atom stereocenters. The zero-order chi connectivity index (χ0) is 20.1. The molecule has 2 aromatic carbocycles. The zero-order valence-electron chi connectivity index (χ0n) is 15.9. The first-order chi connectivity index (χ1) is 13.6. The minimum atomic E-state index is -0.294. The average molecular weight is 465 g/mol. The number of thiazole rings is 1. The van der Waals surface area contributed by atoms with Crippen molar-refractivity contribution in [1.82, 2.24) is 4.57 Å². The Morgan fingerprint density at radius 2 is 1.93 bits per heavy atom. The molecule has 0 radical (unpaired) electrons. The molecule has 6 nitrogen and oxygen atoms in total. The van der Waals surface area contributed by atoms with Gasteiger partial charge in [0.2, 0.25) is 0 Å². The molecule has 0 fully saturated rings. The highest BCUT2D eigenvalue weighted by atomic mass is 79.9. The van der Waals surface area contributed by atoms with Gasteiger partial charge in [0.15, 0.2) is 16.3 Å². The van der Waals surface area contributed by atoms with Crippen molar-refractivity contribution in [3.05, 3.63) is 51.2 Å². The van der Waals surface area contributed by atoms with Gasteiger partial charge in [-0.05, 0) is 25.1 Å². The largest absolute Gasteiger partial charge is 0.493 e. The quantitative estimate of drug-likeness (QED) is 0.490. The van der Waals surface area contributed by atoms with Gasteiger partial charge in [0.05, 0.1) is 31.0 Å². The molecule has 8 heteroatoms. The molecule has 0 aliphatic carbocycles. The molecule has 3 rings (SSSR count). The topological polar surface area (TPSA) is 62.1 Å². The van der Waals surface area contributed by atoms with Crippen LogP contribution in [0, 0.1) is 0 Å². The predicted molar refractivity (Wildman–Crippen MR) is 113 cm³/mol. The van der Waals surface area contributed by atoms with Gasteiger partial charge in [0.1, 0.15) is 0 Å². The summed E-state index contributed by atoms with van der Waals surface area (Å²) in [5.41, 5.74) is 1.45. The molecule has 0 N–H and O–H groups in total. The normalized spacial score (nSPS) is 11.8. The van der Waals surface area contributed by atoms with Gasteiger partial charge in [-0.3, -0.25) is 4.79 Å². The Labute approximate surface area is 175 Å². The summed E-state index contributed by atoms with van der Waals surface area (Å²) < 4.78 is 20.1. The van der Waals surface area contributed by atoms with Crippen molar-refractivity contribution >= 4 is 43.4 Å². The Hall–Kier alpha value is -2.16. The van der Waals surface area contributed by atoms with Crippen LogP contribution in [0.5, 0.6) is 11.5 Å². The zero-order valence-corrected chi connectivity index (χ0v) is 18.3. The van der Waals surface area contributed by atoms with Crippen LogP contribution in [0.4, 0.5) is 0 Å². The lowest BCUT2D eigenvalue weighted by Crippen LogP contribution is -2.19. The summed E-state index contributed by atoms with van der Waals surface area (Å²) >= 11 is 4.82. The average Bonchev–Trinajstić information content (AvgIpc) is 3.03. The Bertz CT molecular complexity index is 1060. The van der Waals surface area contributed by atoms with Crippen LogP contribution in [0.2, 0.25) is 0 Å². The van der Waals surface area contributed by atoms with E-state index in [0.29, 0.717) is 41.6 Å². The van der Waals surface area contributed by atoms with Crippen LogP contribution in [-0.4, -0.2) is 37.9 Å². The van der Waals surface area contributed by atoms with Crippen molar-refractivity contribution in [1.29, 1.82) is 0 Å². The monoisotopic (exact) mass is 464 g/mol. The van der Waals surface area contributed by atoms with E-state index in [-0.39, 0.29) is 5.91 Å². The first kappa shape index (κ1) is 20.6. The summed E-state index contributed by atoms with van der Waals surface area (Å²) in [5.74, 6) is 0.970. The Morgan fingerprint density at radius 1 is 1.18 bits per heavy atom. The van der Waals surface area contributed by atoms with Gasteiger partial charge in [-0.25, -0.2) is 0 Å². The number of hydrogen-bond acceptors (Lipinski definition) is 5. The van der Waals surface area contributed by atoms with Crippen molar-refractivity contribution in [2.24, 2.45) is 4.99 Å². The standard InChI is InChI=1S/C20H21BrN2O4S/c1-4-27-9-8-23-15-11-16(25-2)17(26-3)12-18(15)28-20(23)22-19(24)13-6-5-7-14(21)10-13/h5-7,10-12H,4,8-9H2,1-3H3. The molecule has 0 atom stereocenters. The Balaban J connectivity index is 2.13. The van der Waals surface area contributed by atoms with Crippen LogP contribution >= 0.6 is 27.3 Å². The number of benzene rings is 2. The van der Waals surface area contributed by atoms with Crippen molar-refractivity contribution in [2.75, 3.05) is 27.4 Å². The number of carbonyl (C=O) groups excluding carboxylic acids is 1. The highest BCUT2D eigenvalue weighted by Crippen LogP contribution is 2.33. The van der Waals surface area contributed by atoms with Crippen LogP contribution in [0.1, 0.15) is 17.3 Å². The van der Waals surface area contributed by atoms with Gasteiger partial charge in [-0.1, -0.05) is 33.3 Å². The van der Waals surface area contributed by atoms with E-state index in [9.17, 15) is 4.79 Å². The molecule has 0 saturated heterocycles. The van der Waals surface area contributed by atoms with Crippen LogP contribution < -0.4 is 14.3 Å². The van der Waals surface area contributed by atoms with E-state index in [4.69, 9.17) is 14.2 Å². The van der Waals surface area contributed by atoms with Gasteiger partial charge in [0, 0.05) is 35.3 Å². The maximum atomic E-state index is 12.7. The number of halogens is 1. The third-order valence-corrected chi connectivity index (χ3v) is 5.65. The molecule has 148 valence electrons. The van der Waals surface area contributed by atoms with Crippen molar-refractivity contribution in [3.63, 3.8) is 0 Å². The van der Waals surface area contributed by atoms with E-state index in [2.05, 4.69) is 20.9 Å². The smallest absolute Gasteiger partial charge is 0.279 e. The Kier molecular flexibility index (Phi) is 6.88. The van der Waals surface area contributed by atoms with Gasteiger partial charge in [-0.2, -0.15) is 4.99 Å². The maximum Gasteiger partial charge on any atom is 0.279 e. The fourth-order valence-electron chi connectivity index (χ4n) is 2.77. The third-order valence-electron chi connectivity index (χ3n) is 4.12. The lowest BCUT2D eigenvalue weighted by molar-refractivity contribution is 0.0996. The van der Waals surface area contributed by atoms with E-state index in [1.165, 1.54) is 11.3 Å². The molecule has 0 bridgehead atoms. The lowest BCUT2D eigenvalue weighted by Gasteiger charge is -2.09. The summed E-state index contributed by atoms with van der Waals surface area (Å²) in [4.78, 5) is 17.7. The number of hydrogen-bond donors (Lipinski definition) is 0. The SMILES string of the molecule is CCOCCn1c(=NC(=O)c2cccc(Br)c2)sc2cc(OC)c(OC)cc21. The number of ether oxygens (including phenoxy) is 3. The molecule has 0 spiro atoms. The molecule has 0 aliphatic rings. The second kappa shape index (κ2) is 9.36. The Morgan fingerprint density at radius 3 is 2.61 bits per heavy atom.